The molecular formula is C13H20N2O4S. The van der Waals surface area contributed by atoms with E-state index in [-0.39, 0.29) is 11.4 Å². The molecular weight excluding hydrogens is 280 g/mol. The van der Waals surface area contributed by atoms with Gasteiger partial charge in [-0.2, -0.15) is 0 Å². The van der Waals surface area contributed by atoms with Gasteiger partial charge in [0.2, 0.25) is 15.9 Å². The Hall–Kier alpha value is -1.44. The van der Waals surface area contributed by atoms with E-state index in [2.05, 4.69) is 10.0 Å². The van der Waals surface area contributed by atoms with Crippen LogP contribution >= 0.6 is 0 Å². The van der Waals surface area contributed by atoms with Crippen LogP contribution in [0.25, 0.3) is 0 Å². The SMILES string of the molecule is COCCNC(=O)CNS(=O)(=O)c1ccc(C)cc1C. The molecule has 0 aliphatic carbocycles. The van der Waals surface area contributed by atoms with Gasteiger partial charge in [-0.25, -0.2) is 13.1 Å². The van der Waals surface area contributed by atoms with Crippen LogP contribution < -0.4 is 10.0 Å². The highest BCUT2D eigenvalue weighted by molar-refractivity contribution is 7.89. The molecule has 7 heteroatoms. The summed E-state index contributed by atoms with van der Waals surface area (Å²) in [6.45, 7) is 4.05. The molecule has 0 aromatic heterocycles. The molecule has 0 heterocycles. The fraction of sp³-hybridized carbons (Fsp3) is 0.462. The van der Waals surface area contributed by atoms with E-state index in [0.29, 0.717) is 18.7 Å². The topological polar surface area (TPSA) is 84.5 Å². The third-order valence-electron chi connectivity index (χ3n) is 2.67. The lowest BCUT2D eigenvalue weighted by Gasteiger charge is -2.10. The lowest BCUT2D eigenvalue weighted by molar-refractivity contribution is -0.120. The van der Waals surface area contributed by atoms with Crippen molar-refractivity contribution in [3.63, 3.8) is 0 Å². The van der Waals surface area contributed by atoms with E-state index >= 15 is 0 Å². The van der Waals surface area contributed by atoms with E-state index < -0.39 is 15.9 Å². The van der Waals surface area contributed by atoms with Crippen molar-refractivity contribution < 1.29 is 17.9 Å². The summed E-state index contributed by atoms with van der Waals surface area (Å²) in [6.07, 6.45) is 0. The first-order valence-corrected chi connectivity index (χ1v) is 7.67. The molecule has 0 bridgehead atoms. The van der Waals surface area contributed by atoms with Gasteiger partial charge in [0.05, 0.1) is 18.0 Å². The monoisotopic (exact) mass is 300 g/mol. The summed E-state index contributed by atoms with van der Waals surface area (Å²) < 4.78 is 31.2. The van der Waals surface area contributed by atoms with Crippen LogP contribution in [0.5, 0.6) is 0 Å². The van der Waals surface area contributed by atoms with Gasteiger partial charge in [0.15, 0.2) is 0 Å². The number of hydrogen-bond donors (Lipinski definition) is 2. The van der Waals surface area contributed by atoms with E-state index in [9.17, 15) is 13.2 Å². The Morgan fingerprint density at radius 2 is 2.00 bits per heavy atom. The first kappa shape index (κ1) is 16.6. The van der Waals surface area contributed by atoms with Gasteiger partial charge in [-0.15, -0.1) is 0 Å². The van der Waals surface area contributed by atoms with Crippen LogP contribution in [-0.2, 0) is 19.6 Å². The predicted molar refractivity (Wildman–Crippen MR) is 76.0 cm³/mol. The summed E-state index contributed by atoms with van der Waals surface area (Å²) in [5.74, 6) is -0.393. The summed E-state index contributed by atoms with van der Waals surface area (Å²) in [7, 11) is -2.15. The molecule has 2 N–H and O–H groups in total. The van der Waals surface area contributed by atoms with Gasteiger partial charge in [0.1, 0.15) is 0 Å². The second-order valence-electron chi connectivity index (χ2n) is 4.44. The second-order valence-corrected chi connectivity index (χ2v) is 6.17. The maximum absolute atomic E-state index is 12.1. The predicted octanol–water partition coefficient (Wildman–Crippen LogP) is 0.344. The number of amides is 1. The van der Waals surface area contributed by atoms with Crippen molar-refractivity contribution in [2.75, 3.05) is 26.8 Å². The van der Waals surface area contributed by atoms with Crippen LogP contribution in [0.15, 0.2) is 23.1 Å². The molecule has 20 heavy (non-hydrogen) atoms. The van der Waals surface area contributed by atoms with Gasteiger partial charge in [-0.05, 0) is 25.5 Å². The maximum Gasteiger partial charge on any atom is 0.241 e. The summed E-state index contributed by atoms with van der Waals surface area (Å²) in [4.78, 5) is 11.6. The number of nitrogens with one attached hydrogen (secondary N) is 2. The van der Waals surface area contributed by atoms with Crippen molar-refractivity contribution in [2.45, 2.75) is 18.7 Å². The van der Waals surface area contributed by atoms with Crippen LogP contribution in [0.1, 0.15) is 11.1 Å². The van der Waals surface area contributed by atoms with Crippen molar-refractivity contribution in [3.05, 3.63) is 29.3 Å². The van der Waals surface area contributed by atoms with Gasteiger partial charge in [-0.3, -0.25) is 4.79 Å². The molecule has 0 spiro atoms. The number of hydrogen-bond acceptors (Lipinski definition) is 4. The van der Waals surface area contributed by atoms with E-state index in [1.165, 1.54) is 13.2 Å². The quantitative estimate of drug-likeness (QED) is 0.711. The summed E-state index contributed by atoms with van der Waals surface area (Å²) >= 11 is 0. The summed E-state index contributed by atoms with van der Waals surface area (Å²) in [6, 6.07) is 5.04. The van der Waals surface area contributed by atoms with Crippen molar-refractivity contribution in [3.8, 4) is 0 Å². The minimum atomic E-state index is -3.68. The van der Waals surface area contributed by atoms with Crippen molar-refractivity contribution in [1.82, 2.24) is 10.0 Å². The van der Waals surface area contributed by atoms with Crippen molar-refractivity contribution in [2.24, 2.45) is 0 Å². The number of ether oxygens (including phenoxy) is 1. The fourth-order valence-corrected chi connectivity index (χ4v) is 2.90. The Labute approximate surface area is 119 Å². The third-order valence-corrected chi connectivity index (χ3v) is 4.23. The molecule has 0 saturated carbocycles. The van der Waals surface area contributed by atoms with Crippen LogP contribution in [0.2, 0.25) is 0 Å². The smallest absolute Gasteiger partial charge is 0.241 e. The van der Waals surface area contributed by atoms with E-state index in [4.69, 9.17) is 4.74 Å². The molecule has 0 fully saturated rings. The number of methoxy groups -OCH3 is 1. The minimum absolute atomic E-state index is 0.188. The van der Waals surface area contributed by atoms with Crippen molar-refractivity contribution in [1.29, 1.82) is 0 Å². The van der Waals surface area contributed by atoms with Crippen LogP contribution in [0, 0.1) is 13.8 Å². The molecule has 6 nitrogen and oxygen atoms in total. The number of aryl methyl sites for hydroxylation is 2. The van der Waals surface area contributed by atoms with Gasteiger partial charge >= 0.3 is 0 Å². The van der Waals surface area contributed by atoms with E-state index in [1.54, 1.807) is 19.1 Å². The number of rotatable bonds is 7. The average Bonchev–Trinajstić information content (AvgIpc) is 2.36. The normalized spacial score (nSPS) is 11.3. The summed E-state index contributed by atoms with van der Waals surface area (Å²) in [5.41, 5.74) is 1.64. The number of carbonyl (C=O) groups is 1. The average molecular weight is 300 g/mol. The molecule has 0 unspecified atom stereocenters. The van der Waals surface area contributed by atoms with Gasteiger partial charge < -0.3 is 10.1 Å². The highest BCUT2D eigenvalue weighted by atomic mass is 32.2. The van der Waals surface area contributed by atoms with Crippen LogP contribution in [0.3, 0.4) is 0 Å². The molecule has 0 radical (unpaired) electrons. The maximum atomic E-state index is 12.1. The molecule has 112 valence electrons. The Kier molecular flexibility index (Phi) is 6.12. The molecule has 1 aromatic rings. The largest absolute Gasteiger partial charge is 0.383 e. The number of benzene rings is 1. The molecule has 0 aliphatic rings. The Bertz CT molecular complexity index is 570. The zero-order valence-electron chi connectivity index (χ0n) is 11.9. The number of sulfonamides is 1. The fourth-order valence-electron chi connectivity index (χ4n) is 1.69. The Morgan fingerprint density at radius 1 is 1.30 bits per heavy atom. The highest BCUT2D eigenvalue weighted by Crippen LogP contribution is 2.15. The summed E-state index contributed by atoms with van der Waals surface area (Å²) in [5, 5.41) is 2.54. The highest BCUT2D eigenvalue weighted by Gasteiger charge is 2.17. The van der Waals surface area contributed by atoms with Gasteiger partial charge in [0.25, 0.3) is 0 Å². The van der Waals surface area contributed by atoms with E-state index in [0.717, 1.165) is 5.56 Å². The lowest BCUT2D eigenvalue weighted by atomic mass is 10.2. The van der Waals surface area contributed by atoms with Crippen molar-refractivity contribution >= 4 is 15.9 Å². The molecule has 0 aliphatic heterocycles. The Balaban J connectivity index is 2.64. The minimum Gasteiger partial charge on any atom is -0.383 e. The molecule has 1 amide bonds. The molecule has 1 rings (SSSR count). The van der Waals surface area contributed by atoms with Crippen LogP contribution in [-0.4, -0.2) is 41.1 Å². The van der Waals surface area contributed by atoms with Gasteiger partial charge in [0, 0.05) is 13.7 Å². The first-order chi connectivity index (χ1) is 9.36. The molecule has 0 atom stereocenters. The first-order valence-electron chi connectivity index (χ1n) is 6.19. The van der Waals surface area contributed by atoms with E-state index in [1.807, 2.05) is 6.92 Å². The lowest BCUT2D eigenvalue weighted by Crippen LogP contribution is -2.38. The zero-order chi connectivity index (χ0) is 15.2. The number of carbonyl (C=O) groups excluding carboxylic acids is 1. The molecule has 1 aromatic carbocycles. The third kappa shape index (κ3) is 4.92. The zero-order valence-corrected chi connectivity index (χ0v) is 12.7. The van der Waals surface area contributed by atoms with Gasteiger partial charge in [-0.1, -0.05) is 17.7 Å². The molecule has 0 saturated heterocycles. The Morgan fingerprint density at radius 3 is 2.60 bits per heavy atom. The van der Waals surface area contributed by atoms with Crippen LogP contribution in [0.4, 0.5) is 0 Å². The standard InChI is InChI=1S/C13H20N2O4S/c1-10-4-5-12(11(2)8-10)20(17,18)15-9-13(16)14-6-7-19-3/h4-5,8,15H,6-7,9H2,1-3H3,(H,14,16). The second kappa shape index (κ2) is 7.37.